The lowest BCUT2D eigenvalue weighted by atomic mass is 10.1. The van der Waals surface area contributed by atoms with Gasteiger partial charge in [0.25, 0.3) is 0 Å². The second-order valence-corrected chi connectivity index (χ2v) is 5.74. The van der Waals surface area contributed by atoms with Crippen LogP contribution in [-0.4, -0.2) is 11.1 Å². The number of rotatable bonds is 4. The fourth-order valence-corrected chi connectivity index (χ4v) is 2.78. The van der Waals surface area contributed by atoms with E-state index in [0.717, 1.165) is 15.0 Å². The first kappa shape index (κ1) is 15.0. The molecule has 0 bridgehead atoms. The van der Waals surface area contributed by atoms with Crippen molar-refractivity contribution in [2.24, 2.45) is 0 Å². The highest BCUT2D eigenvalue weighted by atomic mass is 79.9. The van der Waals surface area contributed by atoms with E-state index in [1.165, 1.54) is 12.1 Å². The predicted molar refractivity (Wildman–Crippen MR) is 79.5 cm³/mol. The van der Waals surface area contributed by atoms with Crippen LogP contribution in [0.3, 0.4) is 0 Å². The lowest BCUT2D eigenvalue weighted by Crippen LogP contribution is -2.06. The van der Waals surface area contributed by atoms with Gasteiger partial charge in [-0.1, -0.05) is 22.0 Å². The fraction of sp³-hybridized carbons (Fsp3) is 0.0714. The maximum Gasteiger partial charge on any atom is 0.336 e. The molecule has 0 unspecified atom stereocenters. The van der Waals surface area contributed by atoms with Crippen molar-refractivity contribution >= 4 is 37.8 Å². The largest absolute Gasteiger partial charge is 0.488 e. The zero-order valence-corrected chi connectivity index (χ0v) is 13.2. The molecule has 0 aliphatic carbocycles. The van der Waals surface area contributed by atoms with Gasteiger partial charge in [-0.3, -0.25) is 0 Å². The molecule has 0 fully saturated rings. The number of ether oxygens (including phenoxy) is 1. The molecular formula is C14H9Br2FO3. The van der Waals surface area contributed by atoms with E-state index in [1.807, 2.05) is 12.1 Å². The smallest absolute Gasteiger partial charge is 0.336 e. The maximum absolute atomic E-state index is 13.1. The third kappa shape index (κ3) is 3.58. The van der Waals surface area contributed by atoms with E-state index in [9.17, 15) is 9.18 Å². The summed E-state index contributed by atoms with van der Waals surface area (Å²) in [6, 6.07) is 8.98. The lowest BCUT2D eigenvalue weighted by Gasteiger charge is -2.10. The van der Waals surface area contributed by atoms with Crippen LogP contribution >= 0.6 is 31.9 Å². The normalized spacial score (nSPS) is 10.3. The third-order valence-corrected chi connectivity index (χ3v) is 3.69. The quantitative estimate of drug-likeness (QED) is 0.809. The van der Waals surface area contributed by atoms with Gasteiger partial charge in [-0.2, -0.15) is 0 Å². The van der Waals surface area contributed by atoms with Crippen LogP contribution in [-0.2, 0) is 6.61 Å². The summed E-state index contributed by atoms with van der Waals surface area (Å²) in [6.45, 7) is 0.0438. The summed E-state index contributed by atoms with van der Waals surface area (Å²) in [5.74, 6) is -1.19. The van der Waals surface area contributed by atoms with Crippen LogP contribution in [0.1, 0.15) is 15.9 Å². The second-order valence-electron chi connectivity index (χ2n) is 3.97. The zero-order chi connectivity index (χ0) is 14.7. The van der Waals surface area contributed by atoms with Gasteiger partial charge < -0.3 is 9.84 Å². The van der Waals surface area contributed by atoms with Crippen molar-refractivity contribution in [2.45, 2.75) is 6.61 Å². The first-order valence-electron chi connectivity index (χ1n) is 5.57. The third-order valence-electron chi connectivity index (χ3n) is 2.58. The summed E-state index contributed by atoms with van der Waals surface area (Å²) in [5, 5.41) is 9.04. The Morgan fingerprint density at radius 3 is 2.60 bits per heavy atom. The predicted octanol–water partition coefficient (Wildman–Crippen LogP) is 4.63. The van der Waals surface area contributed by atoms with Crippen molar-refractivity contribution in [1.82, 2.24) is 0 Å². The number of carboxylic acid groups (broad SMARTS) is 1. The summed E-state index contributed by atoms with van der Waals surface area (Å²) < 4.78 is 20.3. The van der Waals surface area contributed by atoms with Crippen molar-refractivity contribution in [3.8, 4) is 5.75 Å². The zero-order valence-electron chi connectivity index (χ0n) is 10.1. The summed E-state index contributed by atoms with van der Waals surface area (Å²) in [5.41, 5.74) is 0.312. The molecule has 2 aromatic carbocycles. The molecule has 0 radical (unpaired) electrons. The van der Waals surface area contributed by atoms with Crippen molar-refractivity contribution < 1.29 is 19.0 Å². The van der Waals surface area contributed by atoms with E-state index >= 15 is 0 Å². The Hall–Kier alpha value is -1.40. The topological polar surface area (TPSA) is 46.5 Å². The summed E-state index contributed by atoms with van der Waals surface area (Å²) in [4.78, 5) is 11.1. The summed E-state index contributed by atoms with van der Waals surface area (Å²) in [6.07, 6.45) is 0. The summed E-state index contributed by atoms with van der Waals surface area (Å²) in [7, 11) is 0. The molecule has 0 saturated heterocycles. The molecule has 104 valence electrons. The van der Waals surface area contributed by atoms with Crippen LogP contribution in [0.4, 0.5) is 4.39 Å². The Balaban J connectivity index is 2.20. The van der Waals surface area contributed by atoms with Gasteiger partial charge in [0.05, 0.1) is 10.0 Å². The molecule has 0 aliphatic heterocycles. The number of benzene rings is 2. The first-order chi connectivity index (χ1) is 9.47. The highest BCUT2D eigenvalue weighted by molar-refractivity contribution is 9.11. The van der Waals surface area contributed by atoms with E-state index in [2.05, 4.69) is 31.9 Å². The molecule has 2 aromatic rings. The standard InChI is InChI=1S/C14H9Br2FO3/c15-9-2-4-13(12(16)5-9)20-7-8-1-3-10(17)6-11(8)14(18)19/h1-6H,7H2,(H,18,19). The van der Waals surface area contributed by atoms with Crippen LogP contribution in [0.2, 0.25) is 0 Å². The minimum Gasteiger partial charge on any atom is -0.488 e. The molecule has 1 N–H and O–H groups in total. The monoisotopic (exact) mass is 402 g/mol. The molecular weight excluding hydrogens is 395 g/mol. The van der Waals surface area contributed by atoms with Gasteiger partial charge in [0, 0.05) is 10.0 Å². The van der Waals surface area contributed by atoms with Gasteiger partial charge in [-0.15, -0.1) is 0 Å². The minimum absolute atomic E-state index is 0.0438. The van der Waals surface area contributed by atoms with E-state index in [-0.39, 0.29) is 12.2 Å². The number of hydrogen-bond donors (Lipinski definition) is 1. The Bertz CT molecular complexity index is 659. The van der Waals surface area contributed by atoms with Crippen LogP contribution in [0.5, 0.6) is 5.75 Å². The Morgan fingerprint density at radius 2 is 1.95 bits per heavy atom. The van der Waals surface area contributed by atoms with Crippen LogP contribution < -0.4 is 4.74 Å². The molecule has 0 aliphatic rings. The Morgan fingerprint density at radius 1 is 1.20 bits per heavy atom. The molecule has 0 spiro atoms. The Labute approximate surface area is 131 Å². The fourth-order valence-electron chi connectivity index (χ4n) is 1.62. The summed E-state index contributed by atoms with van der Waals surface area (Å²) >= 11 is 6.67. The van der Waals surface area contributed by atoms with Crippen molar-refractivity contribution in [1.29, 1.82) is 0 Å². The van der Waals surface area contributed by atoms with Gasteiger partial charge in [-0.05, 0) is 46.3 Å². The molecule has 0 saturated carbocycles. The van der Waals surface area contributed by atoms with Gasteiger partial charge >= 0.3 is 5.97 Å². The molecule has 0 amide bonds. The highest BCUT2D eigenvalue weighted by Crippen LogP contribution is 2.29. The van der Waals surface area contributed by atoms with Crippen LogP contribution in [0.25, 0.3) is 0 Å². The van der Waals surface area contributed by atoms with E-state index in [0.29, 0.717) is 11.3 Å². The Kier molecular flexibility index (Phi) is 4.77. The van der Waals surface area contributed by atoms with Gasteiger partial charge in [0.1, 0.15) is 18.2 Å². The molecule has 2 rings (SSSR count). The van der Waals surface area contributed by atoms with Crippen LogP contribution in [0, 0.1) is 5.82 Å². The lowest BCUT2D eigenvalue weighted by molar-refractivity contribution is 0.0693. The van der Waals surface area contributed by atoms with Crippen LogP contribution in [0.15, 0.2) is 45.3 Å². The number of hydrogen-bond acceptors (Lipinski definition) is 2. The van der Waals surface area contributed by atoms with Gasteiger partial charge in [0.2, 0.25) is 0 Å². The number of carbonyl (C=O) groups is 1. The van der Waals surface area contributed by atoms with E-state index in [4.69, 9.17) is 9.84 Å². The van der Waals surface area contributed by atoms with E-state index < -0.39 is 11.8 Å². The van der Waals surface area contributed by atoms with Crippen molar-refractivity contribution in [3.05, 3.63) is 62.3 Å². The average Bonchev–Trinajstić information content (AvgIpc) is 2.38. The first-order valence-corrected chi connectivity index (χ1v) is 7.15. The molecule has 0 heterocycles. The molecule has 20 heavy (non-hydrogen) atoms. The number of halogens is 3. The molecule has 0 aromatic heterocycles. The van der Waals surface area contributed by atoms with Crippen molar-refractivity contribution in [2.75, 3.05) is 0 Å². The maximum atomic E-state index is 13.1. The minimum atomic E-state index is -1.18. The molecule has 3 nitrogen and oxygen atoms in total. The molecule has 6 heteroatoms. The second kappa shape index (κ2) is 6.37. The number of carboxylic acids is 1. The number of aromatic carboxylic acids is 1. The van der Waals surface area contributed by atoms with Crippen molar-refractivity contribution in [3.63, 3.8) is 0 Å². The highest BCUT2D eigenvalue weighted by Gasteiger charge is 2.12. The van der Waals surface area contributed by atoms with E-state index in [1.54, 1.807) is 6.07 Å². The SMILES string of the molecule is O=C(O)c1cc(F)ccc1COc1ccc(Br)cc1Br. The van der Waals surface area contributed by atoms with Gasteiger partial charge in [-0.25, -0.2) is 9.18 Å². The average molecular weight is 404 g/mol. The molecule has 0 atom stereocenters. The van der Waals surface area contributed by atoms with Gasteiger partial charge in [0.15, 0.2) is 0 Å².